The summed E-state index contributed by atoms with van der Waals surface area (Å²) < 4.78 is 23.8. The highest BCUT2D eigenvalue weighted by Gasteiger charge is 2.33. The number of rotatable bonds is 8. The molecule has 2 aromatic heterocycles. The predicted molar refractivity (Wildman–Crippen MR) is 167 cm³/mol. The van der Waals surface area contributed by atoms with Gasteiger partial charge in [-0.15, -0.1) is 5.10 Å². The van der Waals surface area contributed by atoms with Crippen LogP contribution in [-0.2, 0) is 16.1 Å². The van der Waals surface area contributed by atoms with Gasteiger partial charge in [0.2, 0.25) is 11.8 Å². The highest BCUT2D eigenvalue weighted by atomic mass is 19.1. The molecule has 4 aromatic rings. The van der Waals surface area contributed by atoms with Crippen LogP contribution in [0.25, 0.3) is 27.6 Å². The number of benzene rings is 2. The van der Waals surface area contributed by atoms with E-state index in [4.69, 9.17) is 4.74 Å². The molecule has 0 unspecified atom stereocenters. The third-order valence-corrected chi connectivity index (χ3v) is 8.67. The minimum absolute atomic E-state index is 0.0377. The van der Waals surface area contributed by atoms with Crippen molar-refractivity contribution in [3.05, 3.63) is 71.9 Å². The van der Waals surface area contributed by atoms with E-state index in [1.54, 1.807) is 46.1 Å². The molecule has 2 aliphatic rings. The standard InChI is InChI=1S/C33H36FN7O4/c1-4-38-18-21(2)41(20-30(38)43)33(44)27-17-26-25(23-9-5-6-10-28(23)45-3)16-24(31(34)32(26)36-27)22-8-7-13-39(19-22)29(42)11-14-40-15-12-35-37-40/h5-6,8-10,12,15-17,21,36H,4,7,11,13-14,18-20H2,1-3H3/t21-/m0/s1. The molecule has 11 nitrogen and oxygen atoms in total. The second-order valence-electron chi connectivity index (χ2n) is 11.4. The van der Waals surface area contributed by atoms with Crippen LogP contribution in [0, 0.1) is 5.82 Å². The number of aryl methyl sites for hydroxylation is 1. The Kier molecular flexibility index (Phi) is 8.38. The number of fused-ring (bicyclic) bond motifs is 1. The van der Waals surface area contributed by atoms with Crippen molar-refractivity contribution < 1.29 is 23.5 Å². The second-order valence-corrected chi connectivity index (χ2v) is 11.4. The van der Waals surface area contributed by atoms with Gasteiger partial charge >= 0.3 is 0 Å². The van der Waals surface area contributed by atoms with Gasteiger partial charge in [-0.25, -0.2) is 4.39 Å². The highest BCUT2D eigenvalue weighted by molar-refractivity contribution is 6.06. The van der Waals surface area contributed by atoms with Gasteiger partial charge in [0, 0.05) is 61.4 Å². The van der Waals surface area contributed by atoms with Crippen molar-refractivity contribution in [2.45, 2.75) is 39.3 Å². The third-order valence-electron chi connectivity index (χ3n) is 8.67. The van der Waals surface area contributed by atoms with Crippen LogP contribution in [0.3, 0.4) is 0 Å². The first-order valence-corrected chi connectivity index (χ1v) is 15.2. The fraction of sp³-hybridized carbons (Fsp3) is 0.364. The van der Waals surface area contributed by atoms with Gasteiger partial charge in [-0.05, 0) is 49.6 Å². The molecule has 1 N–H and O–H groups in total. The monoisotopic (exact) mass is 613 g/mol. The molecule has 234 valence electrons. The molecule has 2 aromatic carbocycles. The molecule has 0 bridgehead atoms. The molecular weight excluding hydrogens is 577 g/mol. The molecule has 1 fully saturated rings. The summed E-state index contributed by atoms with van der Waals surface area (Å²) in [4.78, 5) is 47.6. The number of likely N-dealkylation sites (N-methyl/N-ethyl adjacent to an activating group) is 1. The van der Waals surface area contributed by atoms with Crippen molar-refractivity contribution in [3.8, 4) is 16.9 Å². The van der Waals surface area contributed by atoms with Gasteiger partial charge in [-0.3, -0.25) is 19.1 Å². The summed E-state index contributed by atoms with van der Waals surface area (Å²) in [5.41, 5.74) is 2.83. The number of methoxy groups -OCH3 is 1. The zero-order chi connectivity index (χ0) is 31.7. The number of carbonyl (C=O) groups excluding carboxylic acids is 3. The molecule has 3 amide bonds. The van der Waals surface area contributed by atoms with Crippen LogP contribution in [0.1, 0.15) is 42.7 Å². The molecule has 0 spiro atoms. The van der Waals surface area contributed by atoms with Crippen LogP contribution in [0.2, 0.25) is 0 Å². The van der Waals surface area contributed by atoms with Gasteiger partial charge in [0.25, 0.3) is 5.91 Å². The van der Waals surface area contributed by atoms with Crippen LogP contribution in [-0.4, -0.2) is 98.3 Å². The quantitative estimate of drug-likeness (QED) is 0.322. The Morgan fingerprint density at radius 1 is 1.13 bits per heavy atom. The van der Waals surface area contributed by atoms with E-state index < -0.39 is 5.82 Å². The first-order valence-electron chi connectivity index (χ1n) is 15.2. The first-order chi connectivity index (χ1) is 21.8. The number of H-pyrrole nitrogens is 1. The number of amides is 3. The van der Waals surface area contributed by atoms with E-state index in [0.29, 0.717) is 60.4 Å². The molecule has 0 saturated carbocycles. The number of piperazine rings is 1. The number of nitrogens with one attached hydrogen (secondary N) is 1. The molecule has 12 heteroatoms. The van der Waals surface area contributed by atoms with Crippen molar-refractivity contribution in [2.75, 3.05) is 39.8 Å². The maximum atomic E-state index is 16.5. The van der Waals surface area contributed by atoms with Gasteiger partial charge in [-0.2, -0.15) is 0 Å². The van der Waals surface area contributed by atoms with Crippen molar-refractivity contribution in [1.29, 1.82) is 0 Å². The Morgan fingerprint density at radius 3 is 2.71 bits per heavy atom. The zero-order valence-electron chi connectivity index (χ0n) is 25.6. The normalized spacial score (nSPS) is 17.2. The van der Waals surface area contributed by atoms with E-state index in [1.165, 1.54) is 4.90 Å². The lowest BCUT2D eigenvalue weighted by atomic mass is 9.93. The Morgan fingerprint density at radius 2 is 1.96 bits per heavy atom. The van der Waals surface area contributed by atoms with E-state index >= 15 is 4.39 Å². The fourth-order valence-corrected chi connectivity index (χ4v) is 6.22. The topological polar surface area (TPSA) is 117 Å². The summed E-state index contributed by atoms with van der Waals surface area (Å²) in [5, 5.41) is 8.23. The van der Waals surface area contributed by atoms with E-state index in [1.807, 2.05) is 44.2 Å². The largest absolute Gasteiger partial charge is 0.496 e. The molecule has 1 saturated heterocycles. The van der Waals surface area contributed by atoms with E-state index in [0.717, 1.165) is 5.56 Å². The summed E-state index contributed by atoms with van der Waals surface area (Å²) in [6, 6.07) is 10.7. The first kappa shape index (κ1) is 30.0. The van der Waals surface area contributed by atoms with Crippen LogP contribution < -0.4 is 4.74 Å². The molecule has 6 rings (SSSR count). The number of aromatic nitrogens is 4. The minimum Gasteiger partial charge on any atom is -0.496 e. The molecular formula is C33H36FN7O4. The number of nitrogens with zero attached hydrogens (tertiary/aromatic N) is 6. The Hall–Kier alpha value is -5.00. The fourth-order valence-electron chi connectivity index (χ4n) is 6.22. The molecule has 45 heavy (non-hydrogen) atoms. The number of aromatic amines is 1. The summed E-state index contributed by atoms with van der Waals surface area (Å²) in [6.07, 6.45) is 6.07. The Balaban J connectivity index is 1.38. The van der Waals surface area contributed by atoms with Gasteiger partial charge in [-0.1, -0.05) is 29.5 Å². The SMILES string of the molecule is CCN1C[C@H](C)N(C(=O)c2cc3c(-c4ccccc4OC)cc(C4=CCCN(C(=O)CCn5ccnn5)C4)c(F)c3[nH]2)CC1=O. The summed E-state index contributed by atoms with van der Waals surface area (Å²) in [7, 11) is 1.58. The number of hydrogen-bond acceptors (Lipinski definition) is 6. The van der Waals surface area contributed by atoms with Crippen molar-refractivity contribution in [1.82, 2.24) is 34.7 Å². The zero-order valence-corrected chi connectivity index (χ0v) is 25.6. The number of hydrogen-bond donors (Lipinski definition) is 1. The lowest BCUT2D eigenvalue weighted by molar-refractivity contribution is -0.136. The van der Waals surface area contributed by atoms with E-state index in [9.17, 15) is 14.4 Å². The van der Waals surface area contributed by atoms with Crippen molar-refractivity contribution in [2.24, 2.45) is 0 Å². The Bertz CT molecular complexity index is 1780. The number of para-hydroxylation sites is 1. The lowest BCUT2D eigenvalue weighted by Gasteiger charge is -2.38. The highest BCUT2D eigenvalue weighted by Crippen LogP contribution is 2.40. The van der Waals surface area contributed by atoms with Gasteiger partial charge in [0.1, 0.15) is 18.0 Å². The van der Waals surface area contributed by atoms with Gasteiger partial charge in [0.05, 0.1) is 25.4 Å². The third kappa shape index (κ3) is 5.79. The van der Waals surface area contributed by atoms with Crippen LogP contribution >= 0.6 is 0 Å². The Labute approximate surface area is 260 Å². The smallest absolute Gasteiger partial charge is 0.271 e. The molecule has 1 atom stereocenters. The van der Waals surface area contributed by atoms with Crippen molar-refractivity contribution >= 4 is 34.2 Å². The average molecular weight is 614 g/mol. The maximum absolute atomic E-state index is 16.5. The lowest BCUT2D eigenvalue weighted by Crippen LogP contribution is -2.56. The molecule has 0 radical (unpaired) electrons. The van der Waals surface area contributed by atoms with Gasteiger partial charge in [0.15, 0.2) is 5.82 Å². The second kappa shape index (κ2) is 12.5. The van der Waals surface area contributed by atoms with Gasteiger partial charge < -0.3 is 24.4 Å². The van der Waals surface area contributed by atoms with E-state index in [2.05, 4.69) is 15.3 Å². The molecule has 4 heterocycles. The van der Waals surface area contributed by atoms with Crippen LogP contribution in [0.15, 0.2) is 54.9 Å². The van der Waals surface area contributed by atoms with E-state index in [-0.39, 0.29) is 54.5 Å². The number of carbonyl (C=O) groups is 3. The number of ether oxygens (including phenoxy) is 1. The van der Waals surface area contributed by atoms with Crippen molar-refractivity contribution in [3.63, 3.8) is 0 Å². The minimum atomic E-state index is -0.509. The number of halogens is 1. The summed E-state index contributed by atoms with van der Waals surface area (Å²) >= 11 is 0. The average Bonchev–Trinajstić information content (AvgIpc) is 3.76. The van der Waals surface area contributed by atoms with Crippen LogP contribution in [0.5, 0.6) is 5.75 Å². The van der Waals surface area contributed by atoms with Crippen LogP contribution in [0.4, 0.5) is 4.39 Å². The molecule has 0 aliphatic carbocycles. The maximum Gasteiger partial charge on any atom is 0.271 e. The molecule has 2 aliphatic heterocycles. The summed E-state index contributed by atoms with van der Waals surface area (Å²) in [5.74, 6) is -0.445. The summed E-state index contributed by atoms with van der Waals surface area (Å²) in [6.45, 7) is 5.99. The predicted octanol–water partition coefficient (Wildman–Crippen LogP) is 3.97.